The summed E-state index contributed by atoms with van der Waals surface area (Å²) in [6.07, 6.45) is 5.24. The molecule has 1 amide bonds. The first-order valence-corrected chi connectivity index (χ1v) is 10.7. The maximum absolute atomic E-state index is 12.6. The lowest BCUT2D eigenvalue weighted by Gasteiger charge is -2.22. The van der Waals surface area contributed by atoms with Gasteiger partial charge in [-0.25, -0.2) is 18.1 Å². The molecule has 1 N–H and O–H groups in total. The molecule has 146 valence electrons. The zero-order valence-electron chi connectivity index (χ0n) is 15.2. The fraction of sp³-hybridized carbons (Fsp3) is 0.300. The van der Waals surface area contributed by atoms with Crippen molar-refractivity contribution in [1.29, 1.82) is 0 Å². The van der Waals surface area contributed by atoms with Crippen molar-refractivity contribution in [3.63, 3.8) is 0 Å². The number of amides is 1. The van der Waals surface area contributed by atoms with Crippen molar-refractivity contribution in [2.45, 2.75) is 24.3 Å². The van der Waals surface area contributed by atoms with E-state index in [1.807, 2.05) is 16.8 Å². The molecule has 7 nitrogen and oxygen atoms in total. The van der Waals surface area contributed by atoms with Crippen molar-refractivity contribution in [2.24, 2.45) is 5.92 Å². The van der Waals surface area contributed by atoms with Crippen LogP contribution in [0.25, 0.3) is 11.0 Å². The Morgan fingerprint density at radius 3 is 2.68 bits per heavy atom. The van der Waals surface area contributed by atoms with Gasteiger partial charge in [-0.3, -0.25) is 4.79 Å². The Hall–Kier alpha value is -2.71. The van der Waals surface area contributed by atoms with Crippen molar-refractivity contribution in [1.82, 2.24) is 14.3 Å². The number of nitrogens with zero attached hydrogens (tertiary/aromatic N) is 2. The summed E-state index contributed by atoms with van der Waals surface area (Å²) in [7, 11) is -4.00. The summed E-state index contributed by atoms with van der Waals surface area (Å²) in [4.78, 5) is 16.5. The number of sulfonamides is 1. The van der Waals surface area contributed by atoms with Gasteiger partial charge in [-0.2, -0.15) is 0 Å². The van der Waals surface area contributed by atoms with Crippen LogP contribution in [0, 0.1) is 5.92 Å². The predicted octanol–water partition coefficient (Wildman–Crippen LogP) is 2.58. The van der Waals surface area contributed by atoms with Gasteiger partial charge in [0.2, 0.25) is 0 Å². The number of nitrogens with one attached hydrogen (secondary N) is 1. The van der Waals surface area contributed by atoms with Crippen molar-refractivity contribution in [3.05, 3.63) is 60.4 Å². The maximum Gasteiger partial charge on any atom is 0.265 e. The highest BCUT2D eigenvalue weighted by atomic mass is 32.2. The predicted molar refractivity (Wildman–Crippen MR) is 104 cm³/mol. The van der Waals surface area contributed by atoms with Gasteiger partial charge >= 0.3 is 0 Å². The number of hydrogen-bond acceptors (Lipinski definition) is 5. The quantitative estimate of drug-likeness (QED) is 0.712. The number of carbonyl (C=O) groups is 1. The van der Waals surface area contributed by atoms with Gasteiger partial charge in [0.1, 0.15) is 10.5 Å². The summed E-state index contributed by atoms with van der Waals surface area (Å²) in [5.41, 5.74) is 1.02. The molecule has 0 unspecified atom stereocenters. The molecule has 0 atom stereocenters. The fourth-order valence-corrected chi connectivity index (χ4v) is 4.34. The van der Waals surface area contributed by atoms with E-state index in [9.17, 15) is 13.2 Å². The SMILES string of the molecule is O=C(NS(=O)(=O)c1cnc2c(ccn2CC2CCOCC2)c1)c1ccccc1. The Morgan fingerprint density at radius 1 is 1.18 bits per heavy atom. The molecule has 0 radical (unpaired) electrons. The van der Waals surface area contributed by atoms with E-state index >= 15 is 0 Å². The number of pyridine rings is 1. The molecule has 1 saturated heterocycles. The molecule has 0 aliphatic carbocycles. The van der Waals surface area contributed by atoms with Crippen molar-refractivity contribution < 1.29 is 17.9 Å². The van der Waals surface area contributed by atoms with Crippen LogP contribution in [0.5, 0.6) is 0 Å². The molecule has 3 heterocycles. The molecule has 3 aromatic rings. The third kappa shape index (κ3) is 3.93. The topological polar surface area (TPSA) is 90.3 Å². The summed E-state index contributed by atoms with van der Waals surface area (Å²) >= 11 is 0. The maximum atomic E-state index is 12.6. The van der Waals surface area contributed by atoms with Gasteiger partial charge in [0.15, 0.2) is 0 Å². The van der Waals surface area contributed by atoms with Gasteiger partial charge in [-0.15, -0.1) is 0 Å². The number of hydrogen-bond donors (Lipinski definition) is 1. The van der Waals surface area contributed by atoms with Crippen LogP contribution < -0.4 is 4.72 Å². The Bertz CT molecular complexity index is 1090. The third-order valence-corrected chi connectivity index (χ3v) is 6.24. The van der Waals surface area contributed by atoms with E-state index in [1.54, 1.807) is 36.4 Å². The molecule has 1 fully saturated rings. The largest absolute Gasteiger partial charge is 0.381 e. The Kier molecular flexibility index (Phi) is 5.15. The van der Waals surface area contributed by atoms with E-state index in [2.05, 4.69) is 9.71 Å². The number of fused-ring (bicyclic) bond motifs is 1. The molecule has 0 saturated carbocycles. The van der Waals surface area contributed by atoms with Gasteiger partial charge in [-0.05, 0) is 43.0 Å². The molecule has 1 aliphatic rings. The number of carbonyl (C=O) groups excluding carboxylic acids is 1. The Labute approximate surface area is 163 Å². The molecule has 28 heavy (non-hydrogen) atoms. The van der Waals surface area contributed by atoms with E-state index in [0.29, 0.717) is 5.92 Å². The Balaban J connectivity index is 1.54. The number of ether oxygens (including phenoxy) is 1. The highest BCUT2D eigenvalue weighted by Crippen LogP contribution is 2.22. The van der Waals surface area contributed by atoms with Crippen LogP contribution in [-0.2, 0) is 21.3 Å². The van der Waals surface area contributed by atoms with Crippen LogP contribution in [0.4, 0.5) is 0 Å². The lowest BCUT2D eigenvalue weighted by atomic mass is 10.0. The number of rotatable bonds is 5. The van der Waals surface area contributed by atoms with Crippen molar-refractivity contribution >= 4 is 27.0 Å². The number of aromatic nitrogens is 2. The molecular formula is C20H21N3O4S. The standard InChI is InChI=1S/C20H21N3O4S/c24-20(16-4-2-1-3-5-16)22-28(25,26)18-12-17-6-9-23(19(17)21-13-18)14-15-7-10-27-11-8-15/h1-6,9,12-13,15H,7-8,10-11,14H2,(H,22,24). The van der Waals surface area contributed by atoms with Crippen LogP contribution in [-0.4, -0.2) is 37.1 Å². The molecule has 0 bridgehead atoms. The molecular weight excluding hydrogens is 378 g/mol. The fourth-order valence-electron chi connectivity index (χ4n) is 3.39. The smallest absolute Gasteiger partial charge is 0.265 e. The third-order valence-electron chi connectivity index (χ3n) is 4.95. The van der Waals surface area contributed by atoms with Gasteiger partial charge < -0.3 is 9.30 Å². The van der Waals surface area contributed by atoms with Gasteiger partial charge in [0.25, 0.3) is 15.9 Å². The normalized spacial score (nSPS) is 15.6. The second-order valence-electron chi connectivity index (χ2n) is 6.91. The van der Waals surface area contributed by atoms with E-state index in [0.717, 1.165) is 43.6 Å². The summed E-state index contributed by atoms with van der Waals surface area (Å²) in [6.45, 7) is 2.39. The first-order chi connectivity index (χ1) is 13.5. The van der Waals surface area contributed by atoms with E-state index in [1.165, 1.54) is 6.20 Å². The minimum Gasteiger partial charge on any atom is -0.381 e. The van der Waals surface area contributed by atoms with Crippen molar-refractivity contribution in [2.75, 3.05) is 13.2 Å². The molecule has 1 aromatic carbocycles. The minimum absolute atomic E-state index is 0.0342. The zero-order valence-corrected chi connectivity index (χ0v) is 16.1. The molecule has 8 heteroatoms. The molecule has 0 spiro atoms. The van der Waals surface area contributed by atoms with E-state index in [-0.39, 0.29) is 10.5 Å². The highest BCUT2D eigenvalue weighted by molar-refractivity contribution is 7.90. The molecule has 1 aliphatic heterocycles. The lowest BCUT2D eigenvalue weighted by Crippen LogP contribution is -2.30. The zero-order chi connectivity index (χ0) is 19.6. The van der Waals surface area contributed by atoms with Crippen LogP contribution in [0.1, 0.15) is 23.2 Å². The van der Waals surface area contributed by atoms with Crippen LogP contribution in [0.3, 0.4) is 0 Å². The minimum atomic E-state index is -4.00. The number of benzene rings is 1. The van der Waals surface area contributed by atoms with Crippen LogP contribution in [0.2, 0.25) is 0 Å². The summed E-state index contributed by atoms with van der Waals surface area (Å²) < 4.78 is 34.7. The molecule has 2 aromatic heterocycles. The summed E-state index contributed by atoms with van der Waals surface area (Å²) in [6, 6.07) is 11.6. The average molecular weight is 399 g/mol. The second kappa shape index (κ2) is 7.73. The Morgan fingerprint density at radius 2 is 1.93 bits per heavy atom. The molecule has 4 rings (SSSR count). The second-order valence-corrected chi connectivity index (χ2v) is 8.59. The van der Waals surface area contributed by atoms with Crippen LogP contribution >= 0.6 is 0 Å². The van der Waals surface area contributed by atoms with Crippen LogP contribution in [0.15, 0.2) is 59.8 Å². The van der Waals surface area contributed by atoms with Gasteiger partial charge in [-0.1, -0.05) is 18.2 Å². The average Bonchev–Trinajstić information content (AvgIpc) is 3.11. The van der Waals surface area contributed by atoms with Crippen molar-refractivity contribution in [3.8, 4) is 0 Å². The van der Waals surface area contributed by atoms with E-state index in [4.69, 9.17) is 4.74 Å². The monoisotopic (exact) mass is 399 g/mol. The first-order valence-electron chi connectivity index (χ1n) is 9.18. The summed E-state index contributed by atoms with van der Waals surface area (Å²) in [5.74, 6) is -0.141. The van der Waals surface area contributed by atoms with Gasteiger partial charge in [0, 0.05) is 43.1 Å². The first kappa shape index (κ1) is 18.6. The van der Waals surface area contributed by atoms with Gasteiger partial charge in [0.05, 0.1) is 0 Å². The van der Waals surface area contributed by atoms with E-state index < -0.39 is 15.9 Å². The highest BCUT2D eigenvalue weighted by Gasteiger charge is 2.21. The summed E-state index contributed by atoms with van der Waals surface area (Å²) in [5, 5.41) is 0.724. The lowest BCUT2D eigenvalue weighted by molar-refractivity contribution is 0.0616.